The van der Waals surface area contributed by atoms with E-state index in [4.69, 9.17) is 20.4 Å². The standard InChI is InChI=1S/C7H5NO4.C6H15NO3/c9-7(10)5-1-3-6(4-2-5)8(11)12;8-4-1-7(2-5-9)3-6-10/h1-4H,(H,9,10);8-10H,1-6H2. The fraction of sp³-hybridized carbons (Fsp3) is 0.462. The Hall–Kier alpha value is -2.07. The van der Waals surface area contributed by atoms with Crippen LogP contribution in [0.4, 0.5) is 5.69 Å². The summed E-state index contributed by atoms with van der Waals surface area (Å²) in [5, 5.41) is 44.0. The molecule has 1 aromatic carbocycles. The first kappa shape index (κ1) is 19.9. The van der Waals surface area contributed by atoms with E-state index in [1.54, 1.807) is 4.90 Å². The maximum atomic E-state index is 10.3. The lowest BCUT2D eigenvalue weighted by molar-refractivity contribution is -0.384. The van der Waals surface area contributed by atoms with Crippen LogP contribution in [-0.4, -0.2) is 75.7 Å². The van der Waals surface area contributed by atoms with E-state index in [-0.39, 0.29) is 31.1 Å². The maximum absolute atomic E-state index is 10.3. The molecular formula is C13H20N2O7. The summed E-state index contributed by atoms with van der Waals surface area (Å²) in [5.41, 5.74) is -0.0689. The number of aliphatic hydroxyl groups is 3. The fourth-order valence-electron chi connectivity index (χ4n) is 1.49. The zero-order chi connectivity index (χ0) is 17.0. The molecule has 0 heterocycles. The van der Waals surface area contributed by atoms with Crippen LogP contribution >= 0.6 is 0 Å². The van der Waals surface area contributed by atoms with Crippen LogP contribution in [0.3, 0.4) is 0 Å². The summed E-state index contributed by atoms with van der Waals surface area (Å²) < 4.78 is 0. The van der Waals surface area contributed by atoms with Gasteiger partial charge in [0.1, 0.15) is 0 Å². The molecule has 9 heteroatoms. The van der Waals surface area contributed by atoms with Crippen molar-refractivity contribution in [2.24, 2.45) is 0 Å². The van der Waals surface area contributed by atoms with Crippen molar-refractivity contribution >= 4 is 11.7 Å². The van der Waals surface area contributed by atoms with Gasteiger partial charge in [0.05, 0.1) is 30.3 Å². The number of nitro groups is 1. The lowest BCUT2D eigenvalue weighted by Crippen LogP contribution is -2.32. The van der Waals surface area contributed by atoms with Crippen molar-refractivity contribution in [3.8, 4) is 0 Å². The van der Waals surface area contributed by atoms with Gasteiger partial charge in [-0.05, 0) is 12.1 Å². The number of non-ortho nitro benzene ring substituents is 1. The Kier molecular flexibility index (Phi) is 10.5. The normalized spacial score (nSPS) is 10.0. The minimum atomic E-state index is -1.09. The second-order valence-corrected chi connectivity index (χ2v) is 4.12. The molecule has 0 aliphatic heterocycles. The van der Waals surface area contributed by atoms with Crippen LogP contribution in [0.15, 0.2) is 24.3 Å². The first-order valence-electron chi connectivity index (χ1n) is 6.49. The second-order valence-electron chi connectivity index (χ2n) is 4.12. The van der Waals surface area contributed by atoms with Gasteiger partial charge >= 0.3 is 5.97 Å². The third-order valence-electron chi connectivity index (χ3n) is 2.57. The van der Waals surface area contributed by atoms with Gasteiger partial charge in [-0.15, -0.1) is 0 Å². The van der Waals surface area contributed by atoms with E-state index < -0.39 is 10.9 Å². The number of aliphatic hydroxyl groups excluding tert-OH is 3. The molecule has 9 nitrogen and oxygen atoms in total. The Balaban J connectivity index is 0.000000409. The van der Waals surface area contributed by atoms with Crippen molar-refractivity contribution in [3.63, 3.8) is 0 Å². The third-order valence-corrected chi connectivity index (χ3v) is 2.57. The number of rotatable bonds is 8. The quantitative estimate of drug-likeness (QED) is 0.373. The monoisotopic (exact) mass is 316 g/mol. The van der Waals surface area contributed by atoms with Crippen molar-refractivity contribution in [1.29, 1.82) is 0 Å². The Morgan fingerprint density at radius 3 is 1.68 bits per heavy atom. The zero-order valence-electron chi connectivity index (χ0n) is 12.0. The van der Waals surface area contributed by atoms with Gasteiger partial charge in [-0.25, -0.2) is 4.79 Å². The van der Waals surface area contributed by atoms with E-state index >= 15 is 0 Å². The van der Waals surface area contributed by atoms with Crippen LogP contribution in [0.25, 0.3) is 0 Å². The van der Waals surface area contributed by atoms with Crippen molar-refractivity contribution in [2.75, 3.05) is 39.5 Å². The number of nitro benzene ring substituents is 1. The SMILES string of the molecule is O=C(O)c1ccc([N+](=O)[O-])cc1.OCCN(CCO)CCO. The molecule has 1 aromatic rings. The summed E-state index contributed by atoms with van der Waals surface area (Å²) in [6.07, 6.45) is 0. The van der Waals surface area contributed by atoms with Gasteiger partial charge in [0.2, 0.25) is 0 Å². The van der Waals surface area contributed by atoms with Crippen LogP contribution in [-0.2, 0) is 0 Å². The molecule has 4 N–H and O–H groups in total. The van der Waals surface area contributed by atoms with E-state index in [0.717, 1.165) is 12.1 Å². The molecule has 22 heavy (non-hydrogen) atoms. The lowest BCUT2D eigenvalue weighted by Gasteiger charge is -2.17. The molecular weight excluding hydrogens is 296 g/mol. The predicted octanol–water partition coefficient (Wildman–Crippen LogP) is -0.442. The molecule has 0 spiro atoms. The summed E-state index contributed by atoms with van der Waals surface area (Å²) in [6.45, 7) is 1.75. The van der Waals surface area contributed by atoms with Crippen molar-refractivity contribution in [2.45, 2.75) is 0 Å². The minimum Gasteiger partial charge on any atom is -0.478 e. The molecule has 0 aromatic heterocycles. The molecule has 1 rings (SSSR count). The van der Waals surface area contributed by atoms with E-state index in [2.05, 4.69) is 0 Å². The number of carboxylic acids is 1. The number of aromatic carboxylic acids is 1. The van der Waals surface area contributed by atoms with Gasteiger partial charge in [0.15, 0.2) is 0 Å². The third kappa shape index (κ3) is 8.27. The van der Waals surface area contributed by atoms with Gasteiger partial charge in [0, 0.05) is 31.8 Å². The van der Waals surface area contributed by atoms with Gasteiger partial charge in [0.25, 0.3) is 5.69 Å². The number of hydrogen-bond acceptors (Lipinski definition) is 7. The number of carbonyl (C=O) groups is 1. The highest BCUT2D eigenvalue weighted by molar-refractivity contribution is 5.87. The molecule has 0 atom stereocenters. The predicted molar refractivity (Wildman–Crippen MR) is 77.8 cm³/mol. The molecule has 124 valence electrons. The Morgan fingerprint density at radius 2 is 1.41 bits per heavy atom. The topological polar surface area (TPSA) is 144 Å². The second kappa shape index (κ2) is 11.6. The van der Waals surface area contributed by atoms with Gasteiger partial charge < -0.3 is 20.4 Å². The van der Waals surface area contributed by atoms with Crippen LogP contribution < -0.4 is 0 Å². The van der Waals surface area contributed by atoms with Crippen molar-refractivity contribution in [1.82, 2.24) is 4.90 Å². The highest BCUT2D eigenvalue weighted by atomic mass is 16.6. The molecule has 0 unspecified atom stereocenters. The molecule has 0 aliphatic carbocycles. The molecule has 0 aliphatic rings. The first-order chi connectivity index (χ1) is 10.5. The van der Waals surface area contributed by atoms with E-state index in [0.29, 0.717) is 19.6 Å². The summed E-state index contributed by atoms with van der Waals surface area (Å²) in [4.78, 5) is 21.7. The van der Waals surface area contributed by atoms with Crippen molar-refractivity contribution < 1.29 is 30.1 Å². The first-order valence-corrected chi connectivity index (χ1v) is 6.49. The van der Waals surface area contributed by atoms with Crippen LogP contribution in [0.1, 0.15) is 10.4 Å². The fourth-order valence-corrected chi connectivity index (χ4v) is 1.49. The van der Waals surface area contributed by atoms with Crippen LogP contribution in [0.5, 0.6) is 0 Å². The maximum Gasteiger partial charge on any atom is 0.335 e. The van der Waals surface area contributed by atoms with Crippen molar-refractivity contribution in [3.05, 3.63) is 39.9 Å². The zero-order valence-corrected chi connectivity index (χ0v) is 12.0. The summed E-state index contributed by atoms with van der Waals surface area (Å²) in [5.74, 6) is -1.09. The molecule has 0 fully saturated rings. The summed E-state index contributed by atoms with van der Waals surface area (Å²) in [6, 6.07) is 4.70. The number of benzene rings is 1. The Morgan fingerprint density at radius 1 is 1.00 bits per heavy atom. The highest BCUT2D eigenvalue weighted by Gasteiger charge is 2.06. The van der Waals surface area contributed by atoms with Gasteiger partial charge in [-0.1, -0.05) is 0 Å². The van der Waals surface area contributed by atoms with Crippen LogP contribution in [0, 0.1) is 10.1 Å². The lowest BCUT2D eigenvalue weighted by atomic mass is 10.2. The number of carboxylic acid groups (broad SMARTS) is 1. The number of hydrogen-bond donors (Lipinski definition) is 4. The molecule has 0 bridgehead atoms. The Labute approximate surface area is 127 Å². The van der Waals surface area contributed by atoms with Crippen LogP contribution in [0.2, 0.25) is 0 Å². The average Bonchev–Trinajstić information content (AvgIpc) is 2.49. The largest absolute Gasteiger partial charge is 0.478 e. The molecule has 0 saturated carbocycles. The Bertz CT molecular complexity index is 403. The van der Waals surface area contributed by atoms with Gasteiger partial charge in [-0.3, -0.25) is 15.0 Å². The average molecular weight is 316 g/mol. The number of nitrogens with zero attached hydrogens (tertiary/aromatic N) is 2. The highest BCUT2D eigenvalue weighted by Crippen LogP contribution is 2.11. The van der Waals surface area contributed by atoms with E-state index in [9.17, 15) is 14.9 Å². The molecule has 0 radical (unpaired) electrons. The van der Waals surface area contributed by atoms with E-state index in [1.165, 1.54) is 12.1 Å². The van der Waals surface area contributed by atoms with E-state index in [1.807, 2.05) is 0 Å². The minimum absolute atomic E-state index is 0.0422. The summed E-state index contributed by atoms with van der Waals surface area (Å²) in [7, 11) is 0. The molecule has 0 amide bonds. The smallest absolute Gasteiger partial charge is 0.335 e. The summed E-state index contributed by atoms with van der Waals surface area (Å²) >= 11 is 0. The molecule has 0 saturated heterocycles. The van der Waals surface area contributed by atoms with Gasteiger partial charge in [-0.2, -0.15) is 0 Å².